The summed E-state index contributed by atoms with van der Waals surface area (Å²) in [4.78, 5) is 29.4. The van der Waals surface area contributed by atoms with E-state index in [2.05, 4.69) is 4.74 Å². The third-order valence-corrected chi connectivity index (χ3v) is 6.13. The summed E-state index contributed by atoms with van der Waals surface area (Å²) in [5.41, 5.74) is 1.72. The van der Waals surface area contributed by atoms with E-state index < -0.39 is 12.4 Å². The van der Waals surface area contributed by atoms with Crippen LogP contribution in [0.4, 0.5) is 18.9 Å². The van der Waals surface area contributed by atoms with E-state index >= 15 is 0 Å². The molecule has 0 bridgehead atoms. The van der Waals surface area contributed by atoms with E-state index in [0.29, 0.717) is 47.8 Å². The van der Waals surface area contributed by atoms with Crippen LogP contribution < -0.4 is 9.64 Å². The number of nitrogens with zero attached hydrogens (tertiary/aromatic N) is 2. The average molecular weight is 436 g/mol. The topological polar surface area (TPSA) is 49.9 Å². The van der Waals surface area contributed by atoms with Gasteiger partial charge in [-0.3, -0.25) is 9.59 Å². The number of alkyl halides is 3. The smallest absolute Gasteiger partial charge is 0.406 e. The van der Waals surface area contributed by atoms with Gasteiger partial charge in [-0.25, -0.2) is 0 Å². The van der Waals surface area contributed by atoms with Gasteiger partial charge in [0.25, 0.3) is 11.8 Å². The molecule has 0 aromatic heterocycles. The Kier molecular flexibility index (Phi) is 5.64. The molecule has 2 heterocycles. The van der Waals surface area contributed by atoms with E-state index in [9.17, 15) is 22.8 Å². The van der Waals surface area contributed by atoms with E-state index in [1.54, 1.807) is 34.1 Å². The summed E-state index contributed by atoms with van der Waals surface area (Å²) in [6.45, 7) is 0.458. The van der Waals surface area contributed by atoms with Crippen LogP contribution in [0.3, 0.4) is 0 Å². The van der Waals surface area contributed by atoms with E-state index in [-0.39, 0.29) is 17.6 Å². The quantitative estimate of drug-likeness (QED) is 0.728. The summed E-state index contributed by atoms with van der Waals surface area (Å²) in [6, 6.07) is 12.2. The van der Waals surface area contributed by atoms with E-state index in [4.69, 9.17) is 0 Å². The number of hydrogen-bond donors (Lipinski definition) is 0. The fourth-order valence-electron chi connectivity index (χ4n) is 3.77. The van der Waals surface area contributed by atoms with E-state index in [1.807, 2.05) is 6.07 Å². The second kappa shape index (κ2) is 8.22. The molecule has 0 aliphatic carbocycles. The van der Waals surface area contributed by atoms with Crippen molar-refractivity contribution in [1.82, 2.24) is 4.90 Å². The first-order valence-corrected chi connectivity index (χ1v) is 10.6. The first-order chi connectivity index (χ1) is 14.3. The van der Waals surface area contributed by atoms with Crippen LogP contribution in [0.15, 0.2) is 48.5 Å². The molecule has 1 saturated heterocycles. The van der Waals surface area contributed by atoms with Crippen molar-refractivity contribution >= 4 is 29.3 Å². The summed E-state index contributed by atoms with van der Waals surface area (Å²) in [5.74, 6) is 0.189. The maximum Gasteiger partial charge on any atom is 0.573 e. The summed E-state index contributed by atoms with van der Waals surface area (Å²) >= 11 is 1.51. The first-order valence-electron chi connectivity index (χ1n) is 9.47. The van der Waals surface area contributed by atoms with Crippen molar-refractivity contribution in [1.29, 1.82) is 0 Å². The molecule has 4 rings (SSSR count). The summed E-state index contributed by atoms with van der Waals surface area (Å²) in [7, 11) is 0. The molecule has 9 heteroatoms. The van der Waals surface area contributed by atoms with Crippen LogP contribution in [0.25, 0.3) is 0 Å². The Morgan fingerprint density at radius 3 is 2.60 bits per heavy atom. The number of ether oxygens (including phenoxy) is 1. The lowest BCUT2D eigenvalue weighted by molar-refractivity contribution is -0.274. The summed E-state index contributed by atoms with van der Waals surface area (Å²) in [6.07, 6.45) is -3.58. The van der Waals surface area contributed by atoms with Gasteiger partial charge in [0.05, 0.1) is 5.88 Å². The number of halogens is 3. The number of thioether (sulfide) groups is 1. The molecule has 2 amide bonds. The van der Waals surface area contributed by atoms with Crippen LogP contribution in [0, 0.1) is 0 Å². The average Bonchev–Trinajstić information content (AvgIpc) is 3.21. The van der Waals surface area contributed by atoms with Crippen LogP contribution >= 0.6 is 11.8 Å². The second-order valence-corrected chi connectivity index (χ2v) is 8.09. The monoisotopic (exact) mass is 436 g/mol. The van der Waals surface area contributed by atoms with Crippen molar-refractivity contribution in [2.75, 3.05) is 23.1 Å². The zero-order chi connectivity index (χ0) is 21.3. The third kappa shape index (κ3) is 4.26. The SMILES string of the molecule is O=C([C@@H]1CSCN1C(=O)c1ccccc1)N1CCCc2cc(OC(F)(F)F)ccc21. The molecule has 2 aliphatic rings. The van der Waals surface area contributed by atoms with Gasteiger partial charge in [-0.1, -0.05) is 18.2 Å². The fraction of sp³-hybridized carbons (Fsp3) is 0.333. The fourth-order valence-corrected chi connectivity index (χ4v) is 4.92. The minimum atomic E-state index is -4.77. The highest BCUT2D eigenvalue weighted by Crippen LogP contribution is 2.34. The maximum atomic E-state index is 13.3. The number of carbonyl (C=O) groups excluding carboxylic acids is 2. The number of carbonyl (C=O) groups is 2. The Bertz CT molecular complexity index is 952. The maximum absolute atomic E-state index is 13.3. The molecule has 0 spiro atoms. The summed E-state index contributed by atoms with van der Waals surface area (Å²) in [5, 5.41) is 0. The molecular formula is C21H19F3N2O3S. The first kappa shape index (κ1) is 20.6. The van der Waals surface area contributed by atoms with Crippen molar-refractivity contribution in [3.05, 3.63) is 59.7 Å². The molecule has 158 valence electrons. The van der Waals surface area contributed by atoms with Gasteiger partial charge in [0.1, 0.15) is 11.8 Å². The van der Waals surface area contributed by atoms with Crippen molar-refractivity contribution < 1.29 is 27.5 Å². The lowest BCUT2D eigenvalue weighted by Crippen LogP contribution is -2.50. The molecule has 2 aromatic rings. The van der Waals surface area contributed by atoms with E-state index in [1.165, 1.54) is 30.0 Å². The van der Waals surface area contributed by atoms with Gasteiger partial charge in [-0.15, -0.1) is 24.9 Å². The molecule has 1 atom stereocenters. The largest absolute Gasteiger partial charge is 0.573 e. The number of aryl methyl sites for hydroxylation is 1. The molecule has 0 radical (unpaired) electrons. The van der Waals surface area contributed by atoms with Crippen molar-refractivity contribution in [3.63, 3.8) is 0 Å². The predicted octanol–water partition coefficient (Wildman–Crippen LogP) is 4.08. The zero-order valence-electron chi connectivity index (χ0n) is 15.9. The normalized spacial score (nSPS) is 18.8. The third-order valence-electron chi connectivity index (χ3n) is 5.12. The Balaban J connectivity index is 1.56. The number of amides is 2. The van der Waals surface area contributed by atoms with Gasteiger partial charge in [0, 0.05) is 23.5 Å². The molecule has 0 unspecified atom stereocenters. The molecule has 1 fully saturated rings. The van der Waals surface area contributed by atoms with Gasteiger partial charge in [-0.05, 0) is 48.7 Å². The van der Waals surface area contributed by atoms with Crippen molar-refractivity contribution in [3.8, 4) is 5.75 Å². The van der Waals surface area contributed by atoms with Crippen LogP contribution in [-0.4, -0.2) is 47.3 Å². The molecule has 2 aromatic carbocycles. The number of fused-ring (bicyclic) bond motifs is 1. The van der Waals surface area contributed by atoms with Crippen LogP contribution in [0.5, 0.6) is 5.75 Å². The Hall–Kier alpha value is -2.68. The highest BCUT2D eigenvalue weighted by atomic mass is 32.2. The van der Waals surface area contributed by atoms with Gasteiger partial charge in [0.15, 0.2) is 0 Å². The van der Waals surface area contributed by atoms with Gasteiger partial charge >= 0.3 is 6.36 Å². The molecule has 30 heavy (non-hydrogen) atoms. The minimum absolute atomic E-state index is 0.204. The second-order valence-electron chi connectivity index (χ2n) is 7.09. The number of hydrogen-bond acceptors (Lipinski definition) is 4. The Morgan fingerprint density at radius 2 is 1.87 bits per heavy atom. The van der Waals surface area contributed by atoms with Gasteiger partial charge in [0.2, 0.25) is 0 Å². The molecule has 2 aliphatic heterocycles. The molecule has 0 saturated carbocycles. The van der Waals surface area contributed by atoms with Crippen molar-refractivity contribution in [2.24, 2.45) is 0 Å². The van der Waals surface area contributed by atoms with Crippen LogP contribution in [0.1, 0.15) is 22.3 Å². The highest BCUT2D eigenvalue weighted by Gasteiger charge is 2.39. The lowest BCUT2D eigenvalue weighted by Gasteiger charge is -2.34. The Labute approximate surface area is 175 Å². The van der Waals surface area contributed by atoms with Crippen molar-refractivity contribution in [2.45, 2.75) is 25.2 Å². The lowest BCUT2D eigenvalue weighted by atomic mass is 10.0. The highest BCUT2D eigenvalue weighted by molar-refractivity contribution is 7.99. The molecule has 0 N–H and O–H groups in total. The Morgan fingerprint density at radius 1 is 1.10 bits per heavy atom. The van der Waals surface area contributed by atoms with Gasteiger partial charge < -0.3 is 14.5 Å². The predicted molar refractivity (Wildman–Crippen MR) is 108 cm³/mol. The van der Waals surface area contributed by atoms with Crippen LogP contribution in [-0.2, 0) is 11.2 Å². The van der Waals surface area contributed by atoms with Gasteiger partial charge in [-0.2, -0.15) is 0 Å². The standard InChI is InChI=1S/C21H19F3N2O3S/c22-21(23,24)29-16-8-9-17-15(11-16)7-4-10-25(17)20(28)18-12-30-13-26(18)19(27)14-5-2-1-3-6-14/h1-3,5-6,8-9,11,18H,4,7,10,12-13H2/t18-/m0/s1. The minimum Gasteiger partial charge on any atom is -0.406 e. The molecule has 5 nitrogen and oxygen atoms in total. The summed E-state index contributed by atoms with van der Waals surface area (Å²) < 4.78 is 41.5. The number of rotatable bonds is 3. The van der Waals surface area contributed by atoms with E-state index in [0.717, 1.165) is 0 Å². The molecular weight excluding hydrogens is 417 g/mol. The number of benzene rings is 2. The zero-order valence-corrected chi connectivity index (χ0v) is 16.7. The van der Waals surface area contributed by atoms with Crippen LogP contribution in [0.2, 0.25) is 0 Å². The number of anilines is 1.